The fraction of sp³-hybridized carbons (Fsp3) is 0.818. The Morgan fingerprint density at radius 2 is 0.981 bits per heavy atom. The van der Waals surface area contributed by atoms with E-state index in [1.807, 2.05) is 38.2 Å². The summed E-state index contributed by atoms with van der Waals surface area (Å²) in [5, 5.41) is 41.2. The predicted octanol–water partition coefficient (Wildman–Crippen LogP) is 7.91. The van der Waals surface area contributed by atoms with Gasteiger partial charge in [-0.1, -0.05) is 102 Å². The highest BCUT2D eigenvalue weighted by Gasteiger charge is 2.40. The second-order valence-corrected chi connectivity index (χ2v) is 16.4. The lowest BCUT2D eigenvalue weighted by atomic mass is 9.87. The first-order valence-corrected chi connectivity index (χ1v) is 20.9. The van der Waals surface area contributed by atoms with E-state index in [1.165, 1.54) is 14.2 Å². The molecule has 2 aliphatic rings. The van der Waals surface area contributed by atoms with Crippen molar-refractivity contribution in [2.75, 3.05) is 14.2 Å². The van der Waals surface area contributed by atoms with Gasteiger partial charge in [0.2, 0.25) is 0 Å². The Hall–Kier alpha value is -2.40. The number of rotatable bonds is 26. The van der Waals surface area contributed by atoms with Gasteiger partial charge in [-0.3, -0.25) is 19.2 Å². The fourth-order valence-electron chi connectivity index (χ4n) is 7.64. The smallest absolute Gasteiger partial charge is 0.305 e. The first-order valence-electron chi connectivity index (χ1n) is 20.9. The van der Waals surface area contributed by atoms with Gasteiger partial charge in [0.25, 0.3) is 0 Å². The van der Waals surface area contributed by atoms with E-state index in [-0.39, 0.29) is 60.0 Å². The average Bonchev–Trinajstić information content (AvgIpc) is 3.55. The lowest BCUT2D eigenvalue weighted by Gasteiger charge is -2.22. The zero-order chi connectivity index (χ0) is 40.6. The third-order valence-corrected chi connectivity index (χ3v) is 11.2. The summed E-state index contributed by atoms with van der Waals surface area (Å²) in [7, 11) is 2.80. The lowest BCUT2D eigenvalue weighted by molar-refractivity contribution is -0.141. The minimum Gasteiger partial charge on any atom is -0.469 e. The van der Waals surface area contributed by atoms with Crippen LogP contribution in [0.2, 0.25) is 0 Å². The van der Waals surface area contributed by atoms with Gasteiger partial charge < -0.3 is 29.9 Å². The van der Waals surface area contributed by atoms with Gasteiger partial charge in [0, 0.05) is 49.4 Å². The molecule has 0 aromatic heterocycles. The Balaban J connectivity index is 0.000000540. The third-order valence-electron chi connectivity index (χ3n) is 11.2. The molecule has 54 heavy (non-hydrogen) atoms. The van der Waals surface area contributed by atoms with Gasteiger partial charge in [0.1, 0.15) is 11.6 Å². The number of carbonyl (C=O) groups is 4. The Morgan fingerprint density at radius 1 is 0.630 bits per heavy atom. The van der Waals surface area contributed by atoms with Crippen LogP contribution in [0.3, 0.4) is 0 Å². The summed E-state index contributed by atoms with van der Waals surface area (Å²) in [5.41, 5.74) is -1.45. The molecule has 6 unspecified atom stereocenters. The standard InChI is InChI=1S/2C22H38O5/c2*1-4-5-14-22(2,26)15-10-12-18-17(19(23)16-20(18)24)11-8-6-7-9-13-21(25)27-3/h2*10,12,17-18,20,24,26H,4-9,11,13-16H2,1-3H3/b2*12-10+/t2*17?,18?,20?,22-/m10/s1. The van der Waals surface area contributed by atoms with Crippen LogP contribution in [0, 0.1) is 23.7 Å². The summed E-state index contributed by atoms with van der Waals surface area (Å²) in [6, 6.07) is 0. The number of esters is 2. The van der Waals surface area contributed by atoms with Crippen molar-refractivity contribution in [3.8, 4) is 0 Å². The normalized spacial score (nSPS) is 25.1. The molecule has 0 spiro atoms. The second-order valence-electron chi connectivity index (χ2n) is 16.4. The summed E-state index contributed by atoms with van der Waals surface area (Å²) in [6.07, 6.45) is 23.4. The van der Waals surface area contributed by atoms with Crippen molar-refractivity contribution in [2.24, 2.45) is 23.7 Å². The number of aliphatic hydroxyl groups is 4. The topological polar surface area (TPSA) is 168 Å². The van der Waals surface area contributed by atoms with Crippen LogP contribution in [0.4, 0.5) is 0 Å². The highest BCUT2D eigenvalue weighted by atomic mass is 16.5. The van der Waals surface area contributed by atoms with Gasteiger partial charge in [0.15, 0.2) is 0 Å². The Bertz CT molecular complexity index is 1050. The number of methoxy groups -OCH3 is 2. The first kappa shape index (κ1) is 49.6. The molecule has 8 atom stereocenters. The molecule has 0 aromatic carbocycles. The molecule has 10 heteroatoms. The van der Waals surface area contributed by atoms with Crippen molar-refractivity contribution in [3.63, 3.8) is 0 Å². The zero-order valence-electron chi connectivity index (χ0n) is 34.6. The minimum absolute atomic E-state index is 0.127. The molecule has 0 saturated heterocycles. The van der Waals surface area contributed by atoms with Gasteiger partial charge in [-0.15, -0.1) is 0 Å². The highest BCUT2D eigenvalue weighted by molar-refractivity contribution is 5.85. The maximum atomic E-state index is 12.2. The maximum Gasteiger partial charge on any atom is 0.305 e. The van der Waals surface area contributed by atoms with Crippen LogP contribution in [0.1, 0.15) is 169 Å². The van der Waals surface area contributed by atoms with Crippen molar-refractivity contribution in [3.05, 3.63) is 24.3 Å². The zero-order valence-corrected chi connectivity index (χ0v) is 34.6. The first-order chi connectivity index (χ1) is 25.6. The number of hydrogen-bond acceptors (Lipinski definition) is 10. The summed E-state index contributed by atoms with van der Waals surface area (Å²) >= 11 is 0. The largest absolute Gasteiger partial charge is 0.469 e. The molecule has 0 bridgehead atoms. The predicted molar refractivity (Wildman–Crippen MR) is 212 cm³/mol. The van der Waals surface area contributed by atoms with E-state index in [0.717, 1.165) is 103 Å². The average molecular weight is 765 g/mol. The second kappa shape index (κ2) is 27.2. The summed E-state index contributed by atoms with van der Waals surface area (Å²) in [5.74, 6) is -0.610. The minimum atomic E-state index is -0.727. The lowest BCUT2D eigenvalue weighted by Crippen LogP contribution is -2.23. The van der Waals surface area contributed by atoms with Crippen molar-refractivity contribution < 1.29 is 49.1 Å². The van der Waals surface area contributed by atoms with Crippen molar-refractivity contribution >= 4 is 23.5 Å². The van der Waals surface area contributed by atoms with E-state index in [0.29, 0.717) is 25.7 Å². The molecular formula is C44H76O10. The summed E-state index contributed by atoms with van der Waals surface area (Å²) in [4.78, 5) is 46.6. The van der Waals surface area contributed by atoms with Gasteiger partial charge in [0.05, 0.1) is 37.6 Å². The van der Waals surface area contributed by atoms with Crippen molar-refractivity contribution in [1.29, 1.82) is 0 Å². The monoisotopic (exact) mass is 765 g/mol. The van der Waals surface area contributed by atoms with E-state index in [2.05, 4.69) is 23.3 Å². The van der Waals surface area contributed by atoms with Crippen LogP contribution < -0.4 is 0 Å². The number of carbonyl (C=O) groups excluding carboxylic acids is 4. The van der Waals surface area contributed by atoms with E-state index < -0.39 is 23.4 Å². The number of ketones is 2. The number of hydrogen-bond donors (Lipinski definition) is 4. The third kappa shape index (κ3) is 20.5. The van der Waals surface area contributed by atoms with Gasteiger partial charge >= 0.3 is 11.9 Å². The van der Waals surface area contributed by atoms with Crippen molar-refractivity contribution in [1.82, 2.24) is 0 Å². The molecule has 4 N–H and O–H groups in total. The van der Waals surface area contributed by atoms with Crippen LogP contribution in [0.25, 0.3) is 0 Å². The Morgan fingerprint density at radius 3 is 1.31 bits per heavy atom. The number of ether oxygens (including phenoxy) is 2. The maximum absolute atomic E-state index is 12.2. The van der Waals surface area contributed by atoms with Gasteiger partial charge in [-0.2, -0.15) is 0 Å². The quantitative estimate of drug-likeness (QED) is 0.0386. The van der Waals surface area contributed by atoms with Crippen LogP contribution >= 0.6 is 0 Å². The molecule has 0 aliphatic heterocycles. The number of Topliss-reactive ketones (excluding diaryl/α,β-unsaturated/α-hetero) is 2. The summed E-state index contributed by atoms with van der Waals surface area (Å²) < 4.78 is 9.25. The number of aliphatic hydroxyl groups excluding tert-OH is 2. The SMILES string of the molecule is CCCC[C@@](C)(O)C/C=C/C1C(O)CC(=O)C1CCCCCCC(=O)OC.CCCC[C@](C)(O)C/C=C/C1C(O)CC(=O)C1CCCCCCC(=O)OC. The molecule has 0 radical (unpaired) electrons. The molecule has 312 valence electrons. The van der Waals surface area contributed by atoms with Crippen LogP contribution in [0.15, 0.2) is 24.3 Å². The van der Waals surface area contributed by atoms with Gasteiger partial charge in [-0.05, 0) is 65.2 Å². The highest BCUT2D eigenvalue weighted by Crippen LogP contribution is 2.36. The fourth-order valence-corrected chi connectivity index (χ4v) is 7.64. The molecule has 10 nitrogen and oxygen atoms in total. The molecule has 2 rings (SSSR count). The van der Waals surface area contributed by atoms with E-state index >= 15 is 0 Å². The molecule has 2 aliphatic carbocycles. The van der Waals surface area contributed by atoms with E-state index in [9.17, 15) is 39.6 Å². The Kier molecular flexibility index (Phi) is 25.0. The molecule has 0 aromatic rings. The van der Waals surface area contributed by atoms with E-state index in [4.69, 9.17) is 0 Å². The molecular weight excluding hydrogens is 688 g/mol. The Labute approximate surface area is 326 Å². The van der Waals surface area contributed by atoms with Gasteiger partial charge in [-0.25, -0.2) is 0 Å². The van der Waals surface area contributed by atoms with Crippen LogP contribution in [-0.2, 0) is 28.7 Å². The van der Waals surface area contributed by atoms with Crippen molar-refractivity contribution in [2.45, 2.75) is 192 Å². The summed E-state index contributed by atoms with van der Waals surface area (Å²) in [6.45, 7) is 7.89. The molecule has 2 fully saturated rings. The number of unbranched alkanes of at least 4 members (excludes halogenated alkanes) is 8. The molecule has 2 saturated carbocycles. The van der Waals surface area contributed by atoms with Crippen LogP contribution in [0.5, 0.6) is 0 Å². The van der Waals surface area contributed by atoms with E-state index in [1.54, 1.807) is 0 Å². The molecule has 0 heterocycles. The van der Waals surface area contributed by atoms with Crippen LogP contribution in [-0.4, -0.2) is 81.6 Å². The molecule has 0 amide bonds.